The van der Waals surface area contributed by atoms with Gasteiger partial charge in [0.25, 0.3) is 0 Å². The maximum absolute atomic E-state index is 12.1. The third kappa shape index (κ3) is 5.12. The van der Waals surface area contributed by atoms with E-state index in [4.69, 9.17) is 14.2 Å². The number of amides is 1. The maximum Gasteiger partial charge on any atom is 0.231 e. The van der Waals surface area contributed by atoms with Crippen molar-refractivity contribution in [2.75, 3.05) is 38.9 Å². The summed E-state index contributed by atoms with van der Waals surface area (Å²) in [7, 11) is 1.97. The topological polar surface area (TPSA) is 60.0 Å². The van der Waals surface area contributed by atoms with Crippen molar-refractivity contribution in [1.82, 2.24) is 4.90 Å². The number of nitrogens with one attached hydrogen (secondary N) is 1. The summed E-state index contributed by atoms with van der Waals surface area (Å²) in [5, 5.41) is 2.88. The number of hydrogen-bond acceptors (Lipinski definition) is 5. The highest BCUT2D eigenvalue weighted by Gasteiger charge is 2.14. The van der Waals surface area contributed by atoms with Crippen LogP contribution in [0.3, 0.4) is 0 Å². The van der Waals surface area contributed by atoms with E-state index in [1.165, 1.54) is 0 Å². The molecule has 6 heteroatoms. The summed E-state index contributed by atoms with van der Waals surface area (Å²) in [6, 6.07) is 15.1. The summed E-state index contributed by atoms with van der Waals surface area (Å²) in [6.45, 7) is 2.23. The molecule has 0 radical (unpaired) electrons. The average molecular weight is 342 g/mol. The fraction of sp³-hybridized carbons (Fsp3) is 0.316. The Labute approximate surface area is 147 Å². The molecule has 0 unspecified atom stereocenters. The second kappa shape index (κ2) is 8.39. The van der Waals surface area contributed by atoms with Crippen molar-refractivity contribution in [2.45, 2.75) is 6.42 Å². The number of fused-ring (bicyclic) bond motifs is 1. The molecule has 2 aromatic rings. The number of benzene rings is 2. The molecule has 3 rings (SSSR count). The van der Waals surface area contributed by atoms with E-state index in [1.807, 2.05) is 43.4 Å². The molecule has 0 aromatic heterocycles. The highest BCUT2D eigenvalue weighted by Crippen LogP contribution is 2.34. The fourth-order valence-electron chi connectivity index (χ4n) is 2.44. The van der Waals surface area contributed by atoms with Crippen molar-refractivity contribution in [1.29, 1.82) is 0 Å². The molecular weight excluding hydrogens is 320 g/mol. The Hall–Kier alpha value is -2.73. The van der Waals surface area contributed by atoms with E-state index in [1.54, 1.807) is 12.1 Å². The van der Waals surface area contributed by atoms with Gasteiger partial charge in [0.15, 0.2) is 11.5 Å². The third-order valence-electron chi connectivity index (χ3n) is 3.86. The van der Waals surface area contributed by atoms with Crippen LogP contribution in [-0.2, 0) is 4.79 Å². The minimum absolute atomic E-state index is 0.0327. The minimum Gasteiger partial charge on any atom is -0.492 e. The molecule has 0 spiro atoms. The summed E-state index contributed by atoms with van der Waals surface area (Å²) in [5.74, 6) is 2.19. The predicted octanol–water partition coefficient (Wildman–Crippen LogP) is 2.75. The van der Waals surface area contributed by atoms with E-state index in [0.29, 0.717) is 36.8 Å². The number of carbonyl (C=O) groups is 1. The molecular formula is C19H22N2O4. The van der Waals surface area contributed by atoms with Gasteiger partial charge in [-0.1, -0.05) is 18.2 Å². The first-order chi connectivity index (χ1) is 12.2. The van der Waals surface area contributed by atoms with Gasteiger partial charge in [-0.05, 0) is 31.3 Å². The number of nitrogens with zero attached hydrogens (tertiary/aromatic N) is 1. The lowest BCUT2D eigenvalue weighted by atomic mass is 10.2. The van der Waals surface area contributed by atoms with Crippen LogP contribution in [0.1, 0.15) is 6.42 Å². The van der Waals surface area contributed by atoms with Gasteiger partial charge in [0.1, 0.15) is 12.4 Å². The quantitative estimate of drug-likeness (QED) is 0.799. The summed E-state index contributed by atoms with van der Waals surface area (Å²) < 4.78 is 16.2. The van der Waals surface area contributed by atoms with Crippen LogP contribution < -0.4 is 19.5 Å². The van der Waals surface area contributed by atoms with Gasteiger partial charge in [-0.3, -0.25) is 4.79 Å². The Morgan fingerprint density at radius 3 is 2.76 bits per heavy atom. The number of rotatable bonds is 8. The molecule has 0 fully saturated rings. The van der Waals surface area contributed by atoms with Crippen LogP contribution in [0.5, 0.6) is 17.2 Å². The van der Waals surface area contributed by atoms with E-state index in [2.05, 4.69) is 10.2 Å². The lowest BCUT2D eigenvalue weighted by Crippen LogP contribution is -2.28. The van der Waals surface area contributed by atoms with Crippen LogP contribution in [0.15, 0.2) is 48.5 Å². The smallest absolute Gasteiger partial charge is 0.231 e. The molecule has 0 atom stereocenters. The van der Waals surface area contributed by atoms with Gasteiger partial charge < -0.3 is 24.4 Å². The Morgan fingerprint density at radius 1 is 1.12 bits per heavy atom. The van der Waals surface area contributed by atoms with Gasteiger partial charge in [-0.2, -0.15) is 0 Å². The lowest BCUT2D eigenvalue weighted by molar-refractivity contribution is -0.116. The van der Waals surface area contributed by atoms with E-state index >= 15 is 0 Å². The Balaban J connectivity index is 1.35. The summed E-state index contributed by atoms with van der Waals surface area (Å²) in [6.07, 6.45) is 0.413. The predicted molar refractivity (Wildman–Crippen MR) is 95.2 cm³/mol. The van der Waals surface area contributed by atoms with E-state index in [0.717, 1.165) is 12.3 Å². The number of anilines is 1. The minimum atomic E-state index is -0.0327. The Morgan fingerprint density at radius 2 is 1.92 bits per heavy atom. The van der Waals surface area contributed by atoms with E-state index < -0.39 is 0 Å². The Kier molecular flexibility index (Phi) is 5.74. The molecule has 1 N–H and O–H groups in total. The second-order valence-electron chi connectivity index (χ2n) is 5.83. The average Bonchev–Trinajstić information content (AvgIpc) is 3.09. The first kappa shape index (κ1) is 17.1. The van der Waals surface area contributed by atoms with Crippen molar-refractivity contribution in [3.05, 3.63) is 48.5 Å². The summed E-state index contributed by atoms with van der Waals surface area (Å²) in [4.78, 5) is 14.1. The molecule has 0 saturated carbocycles. The van der Waals surface area contributed by atoms with Crippen molar-refractivity contribution >= 4 is 11.6 Å². The largest absolute Gasteiger partial charge is 0.492 e. The normalized spacial score (nSPS) is 12.2. The Bertz CT molecular complexity index is 706. The molecule has 2 aromatic carbocycles. The molecule has 1 aliphatic rings. The molecule has 6 nitrogen and oxygen atoms in total. The SMILES string of the molecule is CN(CCOc1ccccc1)CCC(=O)Nc1ccc2c(c1)OCO2. The van der Waals surface area contributed by atoms with Crippen LogP contribution in [0.4, 0.5) is 5.69 Å². The van der Waals surface area contributed by atoms with E-state index in [9.17, 15) is 4.79 Å². The highest BCUT2D eigenvalue weighted by atomic mass is 16.7. The number of para-hydroxylation sites is 1. The molecule has 1 aliphatic heterocycles. The van der Waals surface area contributed by atoms with Crippen LogP contribution in [0, 0.1) is 0 Å². The third-order valence-corrected chi connectivity index (χ3v) is 3.86. The first-order valence-electron chi connectivity index (χ1n) is 8.26. The number of likely N-dealkylation sites (N-methyl/N-ethyl adjacent to an activating group) is 1. The van der Waals surface area contributed by atoms with Gasteiger partial charge in [-0.15, -0.1) is 0 Å². The monoisotopic (exact) mass is 342 g/mol. The second-order valence-corrected chi connectivity index (χ2v) is 5.83. The number of hydrogen-bond donors (Lipinski definition) is 1. The zero-order valence-electron chi connectivity index (χ0n) is 14.2. The molecule has 0 saturated heterocycles. The van der Waals surface area contributed by atoms with Crippen molar-refractivity contribution in [2.24, 2.45) is 0 Å². The van der Waals surface area contributed by atoms with Crippen LogP contribution in [0.25, 0.3) is 0 Å². The first-order valence-corrected chi connectivity index (χ1v) is 8.26. The van der Waals surface area contributed by atoms with Gasteiger partial charge >= 0.3 is 0 Å². The van der Waals surface area contributed by atoms with Gasteiger partial charge in [0, 0.05) is 31.3 Å². The molecule has 1 heterocycles. The zero-order chi connectivity index (χ0) is 17.5. The van der Waals surface area contributed by atoms with Gasteiger partial charge in [0.2, 0.25) is 12.7 Å². The van der Waals surface area contributed by atoms with Crippen LogP contribution in [0.2, 0.25) is 0 Å². The number of carbonyl (C=O) groups excluding carboxylic acids is 1. The summed E-state index contributed by atoms with van der Waals surface area (Å²) >= 11 is 0. The van der Waals surface area contributed by atoms with Crippen molar-refractivity contribution < 1.29 is 19.0 Å². The fourth-order valence-corrected chi connectivity index (χ4v) is 2.44. The molecule has 0 aliphatic carbocycles. The van der Waals surface area contributed by atoms with E-state index in [-0.39, 0.29) is 12.7 Å². The number of ether oxygens (including phenoxy) is 3. The van der Waals surface area contributed by atoms with Gasteiger partial charge in [0.05, 0.1) is 0 Å². The van der Waals surface area contributed by atoms with Gasteiger partial charge in [-0.25, -0.2) is 0 Å². The highest BCUT2D eigenvalue weighted by molar-refractivity contribution is 5.91. The maximum atomic E-state index is 12.1. The van der Waals surface area contributed by atoms with Crippen molar-refractivity contribution in [3.8, 4) is 17.2 Å². The molecule has 132 valence electrons. The molecule has 0 bridgehead atoms. The molecule has 25 heavy (non-hydrogen) atoms. The van der Waals surface area contributed by atoms with Crippen LogP contribution >= 0.6 is 0 Å². The zero-order valence-corrected chi connectivity index (χ0v) is 14.2. The van der Waals surface area contributed by atoms with Crippen molar-refractivity contribution in [3.63, 3.8) is 0 Å². The lowest BCUT2D eigenvalue weighted by Gasteiger charge is -2.16. The van der Waals surface area contributed by atoms with Crippen LogP contribution in [-0.4, -0.2) is 44.3 Å². The summed E-state index contributed by atoms with van der Waals surface area (Å²) in [5.41, 5.74) is 0.712. The standard InChI is InChI=1S/C19H22N2O4/c1-21(11-12-23-16-5-3-2-4-6-16)10-9-19(22)20-15-7-8-17-18(13-15)25-14-24-17/h2-8,13H,9-12,14H2,1H3,(H,20,22). The molecule has 1 amide bonds.